The van der Waals surface area contributed by atoms with Gasteiger partial charge in [-0.15, -0.1) is 0 Å². The molecule has 2 aromatic carbocycles. The van der Waals surface area contributed by atoms with E-state index in [9.17, 15) is 22.8 Å². The van der Waals surface area contributed by atoms with E-state index in [1.807, 2.05) is 30.3 Å². The Morgan fingerprint density at radius 1 is 0.929 bits per heavy atom. The molecule has 2 aliphatic rings. The van der Waals surface area contributed by atoms with E-state index in [4.69, 9.17) is 0 Å². The summed E-state index contributed by atoms with van der Waals surface area (Å²) in [5, 5.41) is 0. The van der Waals surface area contributed by atoms with Crippen LogP contribution in [0.4, 0.5) is 18.9 Å². The standard InChI is InChI=1S/C22H18F3NO2/c23-22(24,25)15-8-4-9-16(12-15)26-18-10-5-11-19(27)21(18)17(13-20(26)28)14-6-2-1-3-7-14/h1-4,6-9,12,17H,5,10-11,13H2. The molecule has 0 N–H and O–H groups in total. The third-order valence-corrected chi connectivity index (χ3v) is 5.31. The fraction of sp³-hybridized carbons (Fsp3) is 0.273. The topological polar surface area (TPSA) is 37.4 Å². The summed E-state index contributed by atoms with van der Waals surface area (Å²) in [4.78, 5) is 27.1. The number of nitrogens with zero attached hydrogens (tertiary/aromatic N) is 1. The molecule has 0 bridgehead atoms. The molecule has 2 aromatic rings. The van der Waals surface area contributed by atoms with E-state index in [2.05, 4.69) is 0 Å². The first-order valence-electron chi connectivity index (χ1n) is 9.17. The van der Waals surface area contributed by atoms with Gasteiger partial charge in [0.15, 0.2) is 5.78 Å². The fourth-order valence-corrected chi connectivity index (χ4v) is 4.08. The molecule has 1 heterocycles. The van der Waals surface area contributed by atoms with E-state index >= 15 is 0 Å². The van der Waals surface area contributed by atoms with Crippen LogP contribution in [0.2, 0.25) is 0 Å². The molecule has 0 fully saturated rings. The van der Waals surface area contributed by atoms with Crippen LogP contribution in [-0.2, 0) is 15.8 Å². The van der Waals surface area contributed by atoms with E-state index in [-0.39, 0.29) is 29.7 Å². The number of Topliss-reactive ketones (excluding diaryl/α,β-unsaturated/α-hetero) is 1. The SMILES string of the molecule is O=C1CCCC2=C1C(c1ccccc1)CC(=O)N2c1cccc(C(F)(F)F)c1. The average Bonchev–Trinajstić information content (AvgIpc) is 2.67. The number of amides is 1. The third-order valence-electron chi connectivity index (χ3n) is 5.31. The lowest BCUT2D eigenvalue weighted by Gasteiger charge is -2.38. The van der Waals surface area contributed by atoms with Crippen LogP contribution in [-0.4, -0.2) is 11.7 Å². The van der Waals surface area contributed by atoms with Gasteiger partial charge in [0.1, 0.15) is 0 Å². The van der Waals surface area contributed by atoms with Gasteiger partial charge >= 0.3 is 6.18 Å². The van der Waals surface area contributed by atoms with Crippen molar-refractivity contribution >= 4 is 17.4 Å². The molecule has 1 aliphatic heterocycles. The van der Waals surface area contributed by atoms with Crippen LogP contribution in [0.1, 0.15) is 42.7 Å². The van der Waals surface area contributed by atoms with E-state index in [1.54, 1.807) is 0 Å². The summed E-state index contributed by atoms with van der Waals surface area (Å²) in [5.74, 6) is -0.667. The maximum absolute atomic E-state index is 13.1. The highest BCUT2D eigenvalue weighted by Gasteiger charge is 2.40. The summed E-state index contributed by atoms with van der Waals surface area (Å²) < 4.78 is 39.4. The minimum Gasteiger partial charge on any atom is -0.294 e. The summed E-state index contributed by atoms with van der Waals surface area (Å²) in [5.41, 5.74) is 1.33. The normalized spacial score (nSPS) is 20.4. The van der Waals surface area contributed by atoms with E-state index < -0.39 is 11.7 Å². The van der Waals surface area contributed by atoms with Crippen molar-refractivity contribution < 1.29 is 22.8 Å². The number of rotatable bonds is 2. The van der Waals surface area contributed by atoms with Gasteiger partial charge in [-0.05, 0) is 36.6 Å². The number of hydrogen-bond donors (Lipinski definition) is 0. The summed E-state index contributed by atoms with van der Waals surface area (Å²) in [7, 11) is 0. The molecule has 1 aliphatic carbocycles. The molecule has 144 valence electrons. The van der Waals surface area contributed by atoms with Crippen molar-refractivity contribution in [1.29, 1.82) is 0 Å². The molecule has 1 unspecified atom stereocenters. The lowest BCUT2D eigenvalue weighted by Crippen LogP contribution is -2.40. The third kappa shape index (κ3) is 3.23. The Labute approximate surface area is 160 Å². The summed E-state index contributed by atoms with van der Waals surface area (Å²) in [6.07, 6.45) is -2.97. The molecule has 0 saturated heterocycles. The van der Waals surface area contributed by atoms with Crippen molar-refractivity contribution in [3.63, 3.8) is 0 Å². The van der Waals surface area contributed by atoms with Crippen molar-refractivity contribution in [2.45, 2.75) is 37.8 Å². The van der Waals surface area contributed by atoms with Crippen LogP contribution in [0.15, 0.2) is 65.9 Å². The number of carbonyl (C=O) groups is 2. The zero-order chi connectivity index (χ0) is 19.9. The van der Waals surface area contributed by atoms with E-state index in [1.165, 1.54) is 17.0 Å². The Morgan fingerprint density at radius 2 is 1.68 bits per heavy atom. The van der Waals surface area contributed by atoms with Crippen LogP contribution >= 0.6 is 0 Å². The number of alkyl halides is 3. The highest BCUT2D eigenvalue weighted by Crippen LogP contribution is 2.44. The first-order chi connectivity index (χ1) is 13.4. The quantitative estimate of drug-likeness (QED) is 0.710. The van der Waals surface area contributed by atoms with E-state index in [0.29, 0.717) is 30.5 Å². The lowest BCUT2D eigenvalue weighted by atomic mass is 9.77. The van der Waals surface area contributed by atoms with Crippen molar-refractivity contribution in [2.75, 3.05) is 4.90 Å². The molecular weight excluding hydrogens is 367 g/mol. The molecular formula is C22H18F3NO2. The molecule has 4 rings (SSSR count). The molecule has 0 saturated carbocycles. The molecule has 1 atom stereocenters. The van der Waals surface area contributed by atoms with Crippen molar-refractivity contribution in [2.24, 2.45) is 0 Å². The average molecular weight is 385 g/mol. The summed E-state index contributed by atoms with van der Waals surface area (Å²) >= 11 is 0. The zero-order valence-electron chi connectivity index (χ0n) is 15.0. The van der Waals surface area contributed by atoms with Gasteiger partial charge in [0.25, 0.3) is 0 Å². The predicted octanol–water partition coefficient (Wildman–Crippen LogP) is 5.23. The Balaban J connectivity index is 1.85. The summed E-state index contributed by atoms with van der Waals surface area (Å²) in [6.45, 7) is 0. The van der Waals surface area contributed by atoms with Gasteiger partial charge in [0.05, 0.1) is 5.56 Å². The largest absolute Gasteiger partial charge is 0.416 e. The maximum atomic E-state index is 13.1. The van der Waals surface area contributed by atoms with Crippen LogP contribution in [0.25, 0.3) is 0 Å². The molecule has 0 aromatic heterocycles. The second kappa shape index (κ2) is 6.93. The highest BCUT2D eigenvalue weighted by molar-refractivity contribution is 6.07. The van der Waals surface area contributed by atoms with Crippen molar-refractivity contribution in [1.82, 2.24) is 0 Å². The predicted molar refractivity (Wildman–Crippen MR) is 98.6 cm³/mol. The molecule has 1 amide bonds. The van der Waals surface area contributed by atoms with Crippen molar-refractivity contribution in [3.8, 4) is 0 Å². The van der Waals surface area contributed by atoms with Gasteiger partial charge in [-0.1, -0.05) is 36.4 Å². The van der Waals surface area contributed by atoms with Gasteiger partial charge in [0, 0.05) is 35.7 Å². The first kappa shape index (κ1) is 18.5. The van der Waals surface area contributed by atoms with Crippen LogP contribution < -0.4 is 4.90 Å². The Morgan fingerprint density at radius 3 is 2.39 bits per heavy atom. The number of anilines is 1. The second-order valence-corrected chi connectivity index (χ2v) is 7.08. The minimum atomic E-state index is -4.50. The molecule has 6 heteroatoms. The molecule has 28 heavy (non-hydrogen) atoms. The maximum Gasteiger partial charge on any atom is 0.416 e. The lowest BCUT2D eigenvalue weighted by molar-refractivity contribution is -0.137. The number of halogens is 3. The highest BCUT2D eigenvalue weighted by atomic mass is 19.4. The second-order valence-electron chi connectivity index (χ2n) is 7.08. The monoisotopic (exact) mass is 385 g/mol. The first-order valence-corrected chi connectivity index (χ1v) is 9.17. The molecule has 0 spiro atoms. The smallest absolute Gasteiger partial charge is 0.294 e. The van der Waals surface area contributed by atoms with Gasteiger partial charge in [0.2, 0.25) is 5.91 Å². The molecule has 3 nitrogen and oxygen atoms in total. The Kier molecular flexibility index (Phi) is 4.57. The van der Waals surface area contributed by atoms with Crippen molar-refractivity contribution in [3.05, 3.63) is 77.0 Å². The summed E-state index contributed by atoms with van der Waals surface area (Å²) in [6, 6.07) is 14.1. The molecule has 0 radical (unpaired) electrons. The number of benzene rings is 2. The van der Waals surface area contributed by atoms with Gasteiger partial charge < -0.3 is 0 Å². The van der Waals surface area contributed by atoms with Crippen LogP contribution in [0.3, 0.4) is 0 Å². The fourth-order valence-electron chi connectivity index (χ4n) is 4.08. The van der Waals surface area contributed by atoms with Crippen LogP contribution in [0, 0.1) is 0 Å². The van der Waals surface area contributed by atoms with Crippen LogP contribution in [0.5, 0.6) is 0 Å². The minimum absolute atomic E-state index is 0.0282. The Hall–Kier alpha value is -2.89. The van der Waals surface area contributed by atoms with Gasteiger partial charge in [-0.2, -0.15) is 13.2 Å². The number of ketones is 1. The number of allylic oxidation sites excluding steroid dienone is 2. The zero-order valence-corrected chi connectivity index (χ0v) is 15.0. The number of hydrogen-bond acceptors (Lipinski definition) is 2. The van der Waals surface area contributed by atoms with Gasteiger partial charge in [-0.25, -0.2) is 0 Å². The Bertz CT molecular complexity index is 963. The number of carbonyl (C=O) groups excluding carboxylic acids is 2. The van der Waals surface area contributed by atoms with E-state index in [0.717, 1.165) is 17.7 Å². The van der Waals surface area contributed by atoms with Gasteiger partial charge in [-0.3, -0.25) is 14.5 Å².